The monoisotopic (exact) mass is 351 g/mol. The van der Waals surface area contributed by atoms with Gasteiger partial charge in [-0.3, -0.25) is 4.90 Å². The van der Waals surface area contributed by atoms with Gasteiger partial charge in [-0.25, -0.2) is 8.42 Å². The van der Waals surface area contributed by atoms with Gasteiger partial charge >= 0.3 is 0 Å². The molecule has 0 amide bonds. The topological polar surface area (TPSA) is 43.9 Å². The van der Waals surface area contributed by atoms with Crippen LogP contribution in [0.5, 0.6) is 0 Å². The Morgan fingerprint density at radius 3 is 2.33 bits per heavy atom. The molecule has 6 heteroatoms. The molecule has 2 fully saturated rings. The van der Waals surface area contributed by atoms with E-state index in [1.54, 1.807) is 28.6 Å². The van der Waals surface area contributed by atoms with E-state index in [0.717, 1.165) is 39.0 Å². The van der Waals surface area contributed by atoms with Crippen LogP contribution in [0.15, 0.2) is 35.2 Å². The van der Waals surface area contributed by atoms with E-state index in [1.807, 2.05) is 6.07 Å². The standard InChI is InChI=1S/C18H29N3O2S/c1-16-14-19(2)12-13-20(16)15-17-8-10-21(11-9-17)24(22,23)18-6-4-3-5-7-18/h3-7,16-17H,8-15H2,1-2H3. The third kappa shape index (κ3) is 3.99. The van der Waals surface area contributed by atoms with Gasteiger partial charge in [0.1, 0.15) is 0 Å². The van der Waals surface area contributed by atoms with E-state index < -0.39 is 10.0 Å². The van der Waals surface area contributed by atoms with Crippen molar-refractivity contribution in [3.63, 3.8) is 0 Å². The molecule has 0 bridgehead atoms. The third-order valence-corrected chi connectivity index (χ3v) is 7.33. The second-order valence-corrected chi connectivity index (χ2v) is 9.20. The highest BCUT2D eigenvalue weighted by Gasteiger charge is 2.31. The predicted octanol–water partition coefficient (Wildman–Crippen LogP) is 1.72. The molecule has 3 rings (SSSR count). The van der Waals surface area contributed by atoms with Crippen LogP contribution in [-0.4, -0.2) is 74.9 Å². The number of hydrogen-bond acceptors (Lipinski definition) is 4. The largest absolute Gasteiger partial charge is 0.304 e. The van der Waals surface area contributed by atoms with Gasteiger partial charge in [0, 0.05) is 45.3 Å². The summed E-state index contributed by atoms with van der Waals surface area (Å²) in [5.74, 6) is 0.609. The fourth-order valence-electron chi connectivity index (χ4n) is 3.85. The van der Waals surface area contributed by atoms with Crippen molar-refractivity contribution in [2.45, 2.75) is 30.7 Å². The molecule has 2 aliphatic rings. The molecular formula is C18H29N3O2S. The highest BCUT2D eigenvalue weighted by molar-refractivity contribution is 7.89. The fraction of sp³-hybridized carbons (Fsp3) is 0.667. The second-order valence-electron chi connectivity index (χ2n) is 7.27. The number of benzene rings is 1. The highest BCUT2D eigenvalue weighted by Crippen LogP contribution is 2.25. The summed E-state index contributed by atoms with van der Waals surface area (Å²) in [4.78, 5) is 5.37. The normalized spacial score (nSPS) is 25.8. The number of hydrogen-bond donors (Lipinski definition) is 0. The Labute approximate surface area is 146 Å². The summed E-state index contributed by atoms with van der Waals surface area (Å²) in [6.07, 6.45) is 1.93. The lowest BCUT2D eigenvalue weighted by molar-refractivity contribution is 0.0750. The SMILES string of the molecule is CC1CN(C)CCN1CC1CCN(S(=O)(=O)c2ccccc2)CC1. The van der Waals surface area contributed by atoms with Crippen molar-refractivity contribution in [3.05, 3.63) is 30.3 Å². The summed E-state index contributed by atoms with van der Waals surface area (Å²) in [7, 11) is -1.14. The molecule has 0 saturated carbocycles. The maximum Gasteiger partial charge on any atom is 0.243 e. The molecular weight excluding hydrogens is 322 g/mol. The fourth-order valence-corrected chi connectivity index (χ4v) is 5.34. The first-order chi connectivity index (χ1) is 11.5. The first-order valence-corrected chi connectivity index (χ1v) is 10.4. The summed E-state index contributed by atoms with van der Waals surface area (Å²) >= 11 is 0. The van der Waals surface area contributed by atoms with E-state index in [2.05, 4.69) is 23.8 Å². The van der Waals surface area contributed by atoms with Crippen molar-refractivity contribution in [2.75, 3.05) is 46.3 Å². The number of rotatable bonds is 4. The van der Waals surface area contributed by atoms with Crippen LogP contribution in [0.1, 0.15) is 19.8 Å². The lowest BCUT2D eigenvalue weighted by atomic mass is 9.96. The van der Waals surface area contributed by atoms with E-state index in [0.29, 0.717) is 29.9 Å². The Kier molecular flexibility index (Phi) is 5.59. The minimum atomic E-state index is -3.32. The first kappa shape index (κ1) is 17.9. The maximum atomic E-state index is 12.7. The van der Waals surface area contributed by atoms with Crippen LogP contribution >= 0.6 is 0 Å². The molecule has 1 aromatic rings. The second kappa shape index (κ2) is 7.52. The molecule has 134 valence electrons. The highest BCUT2D eigenvalue weighted by atomic mass is 32.2. The van der Waals surface area contributed by atoms with Gasteiger partial charge in [-0.05, 0) is 44.9 Å². The number of nitrogens with zero attached hydrogens (tertiary/aromatic N) is 3. The molecule has 1 atom stereocenters. The van der Waals surface area contributed by atoms with Crippen molar-refractivity contribution in [1.82, 2.24) is 14.1 Å². The molecule has 0 spiro atoms. The molecule has 24 heavy (non-hydrogen) atoms. The maximum absolute atomic E-state index is 12.7. The quantitative estimate of drug-likeness (QED) is 0.829. The summed E-state index contributed by atoms with van der Waals surface area (Å²) in [5, 5.41) is 0. The van der Waals surface area contributed by atoms with Crippen LogP contribution in [0.4, 0.5) is 0 Å². The van der Waals surface area contributed by atoms with E-state index in [-0.39, 0.29) is 0 Å². The molecule has 0 radical (unpaired) electrons. The first-order valence-electron chi connectivity index (χ1n) is 8.94. The summed E-state index contributed by atoms with van der Waals surface area (Å²) in [5.41, 5.74) is 0. The van der Waals surface area contributed by atoms with Gasteiger partial charge in [-0.1, -0.05) is 18.2 Å². The average molecular weight is 352 g/mol. The van der Waals surface area contributed by atoms with Crippen molar-refractivity contribution in [1.29, 1.82) is 0 Å². The van der Waals surface area contributed by atoms with Crippen molar-refractivity contribution < 1.29 is 8.42 Å². The van der Waals surface area contributed by atoms with Gasteiger partial charge in [0.05, 0.1) is 4.90 Å². The Balaban J connectivity index is 1.54. The van der Waals surface area contributed by atoms with Crippen LogP contribution < -0.4 is 0 Å². The number of sulfonamides is 1. The van der Waals surface area contributed by atoms with Gasteiger partial charge in [0.25, 0.3) is 0 Å². The van der Waals surface area contributed by atoms with E-state index in [4.69, 9.17) is 0 Å². The van der Waals surface area contributed by atoms with Gasteiger partial charge in [-0.15, -0.1) is 0 Å². The van der Waals surface area contributed by atoms with Crippen LogP contribution in [0.2, 0.25) is 0 Å². The molecule has 0 aromatic heterocycles. The number of piperidine rings is 1. The van der Waals surface area contributed by atoms with E-state index in [1.165, 1.54) is 0 Å². The molecule has 2 heterocycles. The molecule has 5 nitrogen and oxygen atoms in total. The molecule has 0 aliphatic carbocycles. The molecule has 1 unspecified atom stereocenters. The third-order valence-electron chi connectivity index (χ3n) is 5.42. The molecule has 0 N–H and O–H groups in total. The Morgan fingerprint density at radius 1 is 1.04 bits per heavy atom. The van der Waals surface area contributed by atoms with Crippen molar-refractivity contribution >= 4 is 10.0 Å². The van der Waals surface area contributed by atoms with Gasteiger partial charge in [-0.2, -0.15) is 4.31 Å². The zero-order valence-corrected chi connectivity index (χ0v) is 15.6. The lowest BCUT2D eigenvalue weighted by Gasteiger charge is -2.41. The van der Waals surface area contributed by atoms with Gasteiger partial charge in [0.2, 0.25) is 10.0 Å². The van der Waals surface area contributed by atoms with Crippen LogP contribution in [0, 0.1) is 5.92 Å². The molecule has 2 aliphatic heterocycles. The van der Waals surface area contributed by atoms with Crippen LogP contribution in [0.3, 0.4) is 0 Å². The predicted molar refractivity (Wildman–Crippen MR) is 96.5 cm³/mol. The van der Waals surface area contributed by atoms with E-state index in [9.17, 15) is 8.42 Å². The Hall–Kier alpha value is -0.950. The lowest BCUT2D eigenvalue weighted by Crippen LogP contribution is -2.52. The number of piperazine rings is 1. The van der Waals surface area contributed by atoms with Crippen LogP contribution in [-0.2, 0) is 10.0 Å². The van der Waals surface area contributed by atoms with Gasteiger partial charge in [0.15, 0.2) is 0 Å². The number of likely N-dealkylation sites (N-methyl/N-ethyl adjacent to an activating group) is 1. The minimum Gasteiger partial charge on any atom is -0.304 e. The average Bonchev–Trinajstić information content (AvgIpc) is 2.59. The summed E-state index contributed by atoms with van der Waals surface area (Å²) in [6.45, 7) is 8.07. The van der Waals surface area contributed by atoms with Crippen molar-refractivity contribution in [2.24, 2.45) is 5.92 Å². The zero-order chi connectivity index (χ0) is 17.2. The minimum absolute atomic E-state index is 0.413. The van der Waals surface area contributed by atoms with Crippen molar-refractivity contribution in [3.8, 4) is 0 Å². The van der Waals surface area contributed by atoms with Gasteiger partial charge < -0.3 is 4.90 Å². The van der Waals surface area contributed by atoms with Crippen LogP contribution in [0.25, 0.3) is 0 Å². The Bertz CT molecular complexity index is 627. The molecule has 1 aromatic carbocycles. The summed E-state index contributed by atoms with van der Waals surface area (Å²) < 4.78 is 27.0. The zero-order valence-electron chi connectivity index (χ0n) is 14.8. The smallest absolute Gasteiger partial charge is 0.243 e. The molecule has 2 saturated heterocycles. The van der Waals surface area contributed by atoms with E-state index >= 15 is 0 Å². The summed E-state index contributed by atoms with van der Waals surface area (Å²) in [6, 6.07) is 9.39. The Morgan fingerprint density at radius 2 is 1.71 bits per heavy atom.